The fourth-order valence-electron chi connectivity index (χ4n) is 3.76. The summed E-state index contributed by atoms with van der Waals surface area (Å²) in [5, 5.41) is 12.9. The Morgan fingerprint density at radius 2 is 2.17 bits per heavy atom. The Hall–Kier alpha value is -4.15. The van der Waals surface area contributed by atoms with Crippen molar-refractivity contribution in [3.63, 3.8) is 0 Å². The number of anilines is 1. The molecular weight excluding hydrogens is 389 g/mol. The van der Waals surface area contributed by atoms with Gasteiger partial charge in [0.25, 0.3) is 5.89 Å². The van der Waals surface area contributed by atoms with Crippen LogP contribution in [0.4, 0.5) is 10.4 Å². The number of imidazole rings is 1. The minimum Gasteiger partial charge on any atom is -0.401 e. The van der Waals surface area contributed by atoms with Crippen LogP contribution in [0, 0.1) is 5.82 Å². The predicted octanol–water partition coefficient (Wildman–Crippen LogP) is 2.19. The molecule has 0 spiro atoms. The molecule has 1 aliphatic heterocycles. The van der Waals surface area contributed by atoms with E-state index in [1.807, 2.05) is 4.90 Å². The molecule has 6 rings (SSSR count). The predicted molar refractivity (Wildman–Crippen MR) is 102 cm³/mol. The van der Waals surface area contributed by atoms with Gasteiger partial charge < -0.3 is 14.3 Å². The second-order valence-electron chi connectivity index (χ2n) is 6.85. The van der Waals surface area contributed by atoms with Crippen molar-refractivity contribution in [1.82, 2.24) is 39.7 Å². The van der Waals surface area contributed by atoms with Gasteiger partial charge in [-0.1, -0.05) is 5.10 Å². The molecule has 0 fully saturated rings. The molecule has 0 bridgehead atoms. The number of fused-ring (bicyclic) bond motifs is 2. The first-order valence-electron chi connectivity index (χ1n) is 9.30. The normalized spacial score (nSPS) is 16.2. The number of hydrogen-bond donors (Lipinski definition) is 1. The van der Waals surface area contributed by atoms with Gasteiger partial charge in [0.05, 0.1) is 23.9 Å². The van der Waals surface area contributed by atoms with Crippen LogP contribution in [0.25, 0.3) is 17.1 Å². The summed E-state index contributed by atoms with van der Waals surface area (Å²) in [5.41, 5.74) is 3.31. The Labute approximate surface area is 168 Å². The molecule has 10 nitrogen and oxygen atoms in total. The van der Waals surface area contributed by atoms with Crippen molar-refractivity contribution >= 4 is 11.5 Å². The van der Waals surface area contributed by atoms with Gasteiger partial charge in [-0.2, -0.15) is 5.10 Å². The van der Waals surface area contributed by atoms with Crippen LogP contribution in [0.3, 0.4) is 0 Å². The van der Waals surface area contributed by atoms with Crippen molar-refractivity contribution in [2.24, 2.45) is 0 Å². The summed E-state index contributed by atoms with van der Waals surface area (Å²) < 4.78 is 21.7. The topological polar surface area (TPSA) is 114 Å². The zero-order valence-corrected chi connectivity index (χ0v) is 15.5. The molecule has 1 atom stereocenters. The van der Waals surface area contributed by atoms with E-state index in [-0.39, 0.29) is 11.7 Å². The number of H-pyrrole nitrogens is 1. The van der Waals surface area contributed by atoms with Crippen LogP contribution >= 0.6 is 0 Å². The zero-order chi connectivity index (χ0) is 20.1. The smallest absolute Gasteiger partial charge is 0.319 e. The van der Waals surface area contributed by atoms with E-state index < -0.39 is 6.04 Å². The highest BCUT2D eigenvalue weighted by atomic mass is 19.1. The SMILES string of the molecule is Fc1cccn2nc(C3c4nc[nH]c4CCN3c3nnc(-c4cnccn4)o3)cc12. The molecule has 0 aliphatic carbocycles. The number of aromatic amines is 1. The average molecular weight is 403 g/mol. The van der Waals surface area contributed by atoms with Crippen molar-refractivity contribution < 1.29 is 8.81 Å². The lowest BCUT2D eigenvalue weighted by Crippen LogP contribution is -2.36. The van der Waals surface area contributed by atoms with Crippen molar-refractivity contribution in [3.8, 4) is 11.6 Å². The molecule has 0 radical (unpaired) electrons. The minimum atomic E-state index is -0.408. The summed E-state index contributed by atoms with van der Waals surface area (Å²) in [6, 6.07) is 4.64. The summed E-state index contributed by atoms with van der Waals surface area (Å²) in [4.78, 5) is 17.8. The Balaban J connectivity index is 1.46. The maximum absolute atomic E-state index is 14.3. The Bertz CT molecular complexity index is 1340. The van der Waals surface area contributed by atoms with E-state index in [1.54, 1.807) is 43.2 Å². The first-order chi connectivity index (χ1) is 14.8. The van der Waals surface area contributed by atoms with Crippen LogP contribution in [0.1, 0.15) is 23.1 Å². The molecule has 1 N–H and O–H groups in total. The third-order valence-electron chi connectivity index (χ3n) is 5.12. The first-order valence-corrected chi connectivity index (χ1v) is 9.30. The molecule has 30 heavy (non-hydrogen) atoms. The molecule has 11 heteroatoms. The molecule has 1 unspecified atom stereocenters. The second kappa shape index (κ2) is 6.44. The molecule has 0 saturated heterocycles. The van der Waals surface area contributed by atoms with Crippen molar-refractivity contribution in [2.75, 3.05) is 11.4 Å². The zero-order valence-electron chi connectivity index (χ0n) is 15.5. The second-order valence-corrected chi connectivity index (χ2v) is 6.85. The van der Waals surface area contributed by atoms with Gasteiger partial charge in [-0.05, 0) is 18.2 Å². The van der Waals surface area contributed by atoms with E-state index in [9.17, 15) is 4.39 Å². The van der Waals surface area contributed by atoms with Crippen LogP contribution in [0.15, 0.2) is 53.7 Å². The monoisotopic (exact) mass is 403 g/mol. The molecular formula is C19H14FN9O. The van der Waals surface area contributed by atoms with Crippen molar-refractivity contribution in [3.05, 3.63) is 72.2 Å². The van der Waals surface area contributed by atoms with Gasteiger partial charge in [0.15, 0.2) is 0 Å². The van der Waals surface area contributed by atoms with E-state index >= 15 is 0 Å². The number of nitrogens with zero attached hydrogens (tertiary/aromatic N) is 8. The van der Waals surface area contributed by atoms with E-state index in [4.69, 9.17) is 4.42 Å². The molecule has 1 aliphatic rings. The van der Waals surface area contributed by atoms with Gasteiger partial charge in [-0.25, -0.2) is 18.9 Å². The standard InChI is InChI=1S/C19H14FN9O/c20-11-2-1-6-29-15(11)8-13(27-29)17-16-12(23-10-24-16)3-7-28(17)19-26-25-18(30-19)14-9-21-4-5-22-14/h1-2,4-6,8-10,17H,3,7H2,(H,23,24). The van der Waals surface area contributed by atoms with E-state index in [0.717, 1.165) is 17.8 Å². The lowest BCUT2D eigenvalue weighted by atomic mass is 10.0. The van der Waals surface area contributed by atoms with Crippen molar-refractivity contribution in [2.45, 2.75) is 12.5 Å². The number of hydrogen-bond acceptors (Lipinski definition) is 8. The summed E-state index contributed by atoms with van der Waals surface area (Å²) >= 11 is 0. The average Bonchev–Trinajstić information content (AvgIpc) is 3.52. The number of pyridine rings is 1. The molecule has 6 heterocycles. The number of rotatable bonds is 3. The lowest BCUT2D eigenvalue weighted by molar-refractivity contribution is 0.502. The summed E-state index contributed by atoms with van der Waals surface area (Å²) in [6.07, 6.45) is 8.76. The van der Waals surface area contributed by atoms with Crippen LogP contribution in [-0.4, -0.2) is 46.3 Å². The van der Waals surface area contributed by atoms with Gasteiger partial charge >= 0.3 is 6.01 Å². The number of halogens is 1. The van der Waals surface area contributed by atoms with Gasteiger partial charge in [-0.3, -0.25) is 4.98 Å². The van der Waals surface area contributed by atoms with Crippen LogP contribution in [-0.2, 0) is 6.42 Å². The van der Waals surface area contributed by atoms with Gasteiger partial charge in [0.2, 0.25) is 0 Å². The quantitative estimate of drug-likeness (QED) is 0.488. The minimum absolute atomic E-state index is 0.269. The molecule has 5 aromatic rings. The highest BCUT2D eigenvalue weighted by Gasteiger charge is 2.36. The summed E-state index contributed by atoms with van der Waals surface area (Å²) in [5.74, 6) is -0.0747. The third kappa shape index (κ3) is 2.55. The fraction of sp³-hybridized carbons (Fsp3) is 0.158. The summed E-state index contributed by atoms with van der Waals surface area (Å²) in [7, 11) is 0. The fourth-order valence-corrected chi connectivity index (χ4v) is 3.76. The maximum Gasteiger partial charge on any atom is 0.319 e. The highest BCUT2D eigenvalue weighted by molar-refractivity contribution is 5.53. The molecule has 0 amide bonds. The maximum atomic E-state index is 14.3. The van der Waals surface area contributed by atoms with E-state index in [1.165, 1.54) is 10.6 Å². The van der Waals surface area contributed by atoms with Gasteiger partial charge in [0.1, 0.15) is 23.1 Å². The molecule has 148 valence electrons. The van der Waals surface area contributed by atoms with Crippen LogP contribution in [0.2, 0.25) is 0 Å². The third-order valence-corrected chi connectivity index (χ3v) is 5.12. The highest BCUT2D eigenvalue weighted by Crippen LogP contribution is 2.36. The van der Waals surface area contributed by atoms with Crippen LogP contribution < -0.4 is 4.90 Å². The van der Waals surface area contributed by atoms with E-state index in [2.05, 4.69) is 35.2 Å². The first kappa shape index (κ1) is 16.8. The van der Waals surface area contributed by atoms with E-state index in [0.29, 0.717) is 29.5 Å². The molecule has 0 saturated carbocycles. The molecule has 5 aromatic heterocycles. The lowest BCUT2D eigenvalue weighted by Gasteiger charge is -2.32. The Kier molecular flexibility index (Phi) is 3.60. The number of aromatic nitrogens is 8. The number of nitrogens with one attached hydrogen (secondary N) is 1. The summed E-state index contributed by atoms with van der Waals surface area (Å²) in [6.45, 7) is 0.596. The molecule has 0 aromatic carbocycles. The van der Waals surface area contributed by atoms with Crippen LogP contribution in [0.5, 0.6) is 0 Å². The van der Waals surface area contributed by atoms with Crippen molar-refractivity contribution in [1.29, 1.82) is 0 Å². The van der Waals surface area contributed by atoms with Gasteiger partial charge in [0, 0.05) is 37.3 Å². The Morgan fingerprint density at radius 1 is 1.20 bits per heavy atom. The van der Waals surface area contributed by atoms with Gasteiger partial charge in [-0.15, -0.1) is 5.10 Å². The largest absolute Gasteiger partial charge is 0.401 e. The Morgan fingerprint density at radius 3 is 3.03 bits per heavy atom.